The number of rotatable bonds is 7. The van der Waals surface area contributed by atoms with E-state index in [9.17, 15) is 4.79 Å². The van der Waals surface area contributed by atoms with Crippen LogP contribution in [0.4, 0.5) is 0 Å². The van der Waals surface area contributed by atoms with Gasteiger partial charge in [-0.1, -0.05) is 0 Å². The number of hydrogen-bond donors (Lipinski definition) is 1. The van der Waals surface area contributed by atoms with Crippen LogP contribution >= 0.6 is 0 Å². The Morgan fingerprint density at radius 1 is 1.44 bits per heavy atom. The van der Waals surface area contributed by atoms with Crippen LogP contribution in [0.15, 0.2) is 18.7 Å². The number of hydrogen-bond acceptors (Lipinski definition) is 3. The maximum atomic E-state index is 11.6. The van der Waals surface area contributed by atoms with Crippen LogP contribution in [0.1, 0.15) is 13.8 Å². The minimum Gasteiger partial charge on any atom is -0.342 e. The Morgan fingerprint density at radius 3 is 2.75 bits per heavy atom. The summed E-state index contributed by atoms with van der Waals surface area (Å²) in [6, 6.07) is 0. The van der Waals surface area contributed by atoms with Crippen molar-refractivity contribution in [3.8, 4) is 0 Å². The van der Waals surface area contributed by atoms with E-state index < -0.39 is 0 Å². The van der Waals surface area contributed by atoms with Gasteiger partial charge in [0.25, 0.3) is 0 Å². The number of aromatic nitrogens is 2. The number of amides is 1. The Hall–Kier alpha value is -1.36. The fraction of sp³-hybridized carbons (Fsp3) is 0.636. The van der Waals surface area contributed by atoms with Crippen molar-refractivity contribution in [3.05, 3.63) is 18.7 Å². The van der Waals surface area contributed by atoms with Gasteiger partial charge in [0.05, 0.1) is 12.9 Å². The molecular weight excluding hydrogens is 204 g/mol. The molecule has 1 N–H and O–H groups in total. The molecular formula is C11H20N4O. The standard InChI is InChI=1S/C11H20N4O/c1-3-15(4-2)11(16)9-12-5-7-14-8-6-13-10-14/h6,8,10,12H,3-5,7,9H2,1-2H3. The van der Waals surface area contributed by atoms with E-state index in [0.717, 1.165) is 26.2 Å². The van der Waals surface area contributed by atoms with Gasteiger partial charge in [-0.25, -0.2) is 4.98 Å². The summed E-state index contributed by atoms with van der Waals surface area (Å²) in [6.07, 6.45) is 5.43. The molecule has 1 aromatic rings. The van der Waals surface area contributed by atoms with Crippen LogP contribution in [0, 0.1) is 0 Å². The van der Waals surface area contributed by atoms with Crippen LogP contribution in [-0.4, -0.2) is 46.5 Å². The lowest BCUT2D eigenvalue weighted by atomic mass is 10.4. The van der Waals surface area contributed by atoms with Gasteiger partial charge in [0.15, 0.2) is 0 Å². The second kappa shape index (κ2) is 7.00. The second-order valence-electron chi connectivity index (χ2n) is 3.54. The lowest BCUT2D eigenvalue weighted by Crippen LogP contribution is -2.38. The van der Waals surface area contributed by atoms with Crippen LogP contribution in [-0.2, 0) is 11.3 Å². The molecule has 0 radical (unpaired) electrons. The number of nitrogens with zero attached hydrogens (tertiary/aromatic N) is 3. The van der Waals surface area contributed by atoms with Crippen molar-refractivity contribution in [3.63, 3.8) is 0 Å². The summed E-state index contributed by atoms with van der Waals surface area (Å²) in [5, 5.41) is 3.13. The van der Waals surface area contributed by atoms with E-state index >= 15 is 0 Å². The van der Waals surface area contributed by atoms with E-state index in [-0.39, 0.29) is 5.91 Å². The Kier molecular flexibility index (Phi) is 5.56. The van der Waals surface area contributed by atoms with Gasteiger partial charge < -0.3 is 14.8 Å². The van der Waals surface area contributed by atoms with Gasteiger partial charge in [0.1, 0.15) is 0 Å². The SMILES string of the molecule is CCN(CC)C(=O)CNCCn1ccnc1. The monoisotopic (exact) mass is 224 g/mol. The van der Waals surface area contributed by atoms with Crippen LogP contribution < -0.4 is 5.32 Å². The zero-order valence-electron chi connectivity index (χ0n) is 10.0. The molecule has 0 saturated heterocycles. The number of carbonyl (C=O) groups excluding carboxylic acids is 1. The van der Waals surface area contributed by atoms with Gasteiger partial charge in [-0.2, -0.15) is 0 Å². The molecule has 0 aliphatic rings. The summed E-state index contributed by atoms with van der Waals surface area (Å²) in [5.41, 5.74) is 0. The van der Waals surface area contributed by atoms with Crippen molar-refractivity contribution in [1.29, 1.82) is 0 Å². The molecule has 0 fully saturated rings. The van der Waals surface area contributed by atoms with Gasteiger partial charge >= 0.3 is 0 Å². The lowest BCUT2D eigenvalue weighted by Gasteiger charge is -2.18. The van der Waals surface area contributed by atoms with Crippen molar-refractivity contribution in [1.82, 2.24) is 19.8 Å². The highest BCUT2D eigenvalue weighted by Crippen LogP contribution is 1.88. The number of likely N-dealkylation sites (N-methyl/N-ethyl adjacent to an activating group) is 1. The molecule has 1 heterocycles. The van der Waals surface area contributed by atoms with E-state index in [1.54, 1.807) is 12.5 Å². The molecule has 0 aromatic carbocycles. The maximum Gasteiger partial charge on any atom is 0.236 e. The van der Waals surface area contributed by atoms with E-state index in [0.29, 0.717) is 6.54 Å². The predicted octanol–water partition coefficient (Wildman–Crippen LogP) is 0.341. The lowest BCUT2D eigenvalue weighted by molar-refractivity contribution is -0.129. The first-order valence-electron chi connectivity index (χ1n) is 5.72. The number of carbonyl (C=O) groups is 1. The second-order valence-corrected chi connectivity index (χ2v) is 3.54. The number of nitrogens with one attached hydrogen (secondary N) is 1. The molecule has 90 valence electrons. The van der Waals surface area contributed by atoms with E-state index in [1.807, 2.05) is 29.5 Å². The summed E-state index contributed by atoms with van der Waals surface area (Å²) < 4.78 is 1.98. The molecule has 0 bridgehead atoms. The van der Waals surface area contributed by atoms with E-state index in [4.69, 9.17) is 0 Å². The Morgan fingerprint density at radius 2 is 2.19 bits per heavy atom. The highest BCUT2D eigenvalue weighted by molar-refractivity contribution is 5.78. The third-order valence-corrected chi connectivity index (χ3v) is 2.50. The fourth-order valence-electron chi connectivity index (χ4n) is 1.51. The molecule has 1 amide bonds. The maximum absolute atomic E-state index is 11.6. The molecule has 0 atom stereocenters. The molecule has 1 rings (SSSR count). The zero-order valence-corrected chi connectivity index (χ0v) is 10.0. The summed E-state index contributed by atoms with van der Waals surface area (Å²) in [6.45, 7) is 7.57. The summed E-state index contributed by atoms with van der Waals surface area (Å²) in [7, 11) is 0. The van der Waals surface area contributed by atoms with Crippen molar-refractivity contribution in [2.45, 2.75) is 20.4 Å². The molecule has 5 heteroatoms. The summed E-state index contributed by atoms with van der Waals surface area (Å²) >= 11 is 0. The average molecular weight is 224 g/mol. The Balaban J connectivity index is 2.13. The third kappa shape index (κ3) is 4.02. The highest BCUT2D eigenvalue weighted by atomic mass is 16.2. The van der Waals surface area contributed by atoms with Gasteiger partial charge in [0.2, 0.25) is 5.91 Å². The van der Waals surface area contributed by atoms with Gasteiger partial charge in [-0.05, 0) is 13.8 Å². The first-order chi connectivity index (χ1) is 7.77. The summed E-state index contributed by atoms with van der Waals surface area (Å²) in [5.74, 6) is 0.163. The molecule has 0 aliphatic carbocycles. The Bertz CT molecular complexity index is 293. The molecule has 0 aliphatic heterocycles. The Labute approximate surface area is 96.5 Å². The molecule has 0 spiro atoms. The van der Waals surface area contributed by atoms with Crippen molar-refractivity contribution < 1.29 is 4.79 Å². The van der Waals surface area contributed by atoms with Crippen molar-refractivity contribution in [2.75, 3.05) is 26.2 Å². The van der Waals surface area contributed by atoms with Crippen molar-refractivity contribution >= 4 is 5.91 Å². The van der Waals surface area contributed by atoms with E-state index in [1.165, 1.54) is 0 Å². The number of imidazole rings is 1. The smallest absolute Gasteiger partial charge is 0.236 e. The quantitative estimate of drug-likeness (QED) is 0.680. The molecule has 16 heavy (non-hydrogen) atoms. The molecule has 1 aromatic heterocycles. The zero-order chi connectivity index (χ0) is 11.8. The van der Waals surface area contributed by atoms with Crippen LogP contribution in [0.3, 0.4) is 0 Å². The minimum absolute atomic E-state index is 0.163. The largest absolute Gasteiger partial charge is 0.342 e. The van der Waals surface area contributed by atoms with Crippen LogP contribution in [0.5, 0.6) is 0 Å². The predicted molar refractivity (Wildman–Crippen MR) is 63.0 cm³/mol. The first-order valence-corrected chi connectivity index (χ1v) is 5.72. The first kappa shape index (κ1) is 12.7. The van der Waals surface area contributed by atoms with E-state index in [2.05, 4.69) is 10.3 Å². The van der Waals surface area contributed by atoms with Crippen LogP contribution in [0.25, 0.3) is 0 Å². The minimum atomic E-state index is 0.163. The summed E-state index contributed by atoms with van der Waals surface area (Å²) in [4.78, 5) is 17.4. The van der Waals surface area contributed by atoms with Gasteiger partial charge in [0, 0.05) is 38.6 Å². The van der Waals surface area contributed by atoms with Crippen LogP contribution in [0.2, 0.25) is 0 Å². The average Bonchev–Trinajstić information content (AvgIpc) is 2.79. The van der Waals surface area contributed by atoms with Crippen molar-refractivity contribution in [2.24, 2.45) is 0 Å². The topological polar surface area (TPSA) is 50.2 Å². The van der Waals surface area contributed by atoms with Gasteiger partial charge in [-0.15, -0.1) is 0 Å². The fourth-order valence-corrected chi connectivity index (χ4v) is 1.51. The normalized spacial score (nSPS) is 10.4. The molecule has 0 saturated carbocycles. The molecule has 0 unspecified atom stereocenters. The highest BCUT2D eigenvalue weighted by Gasteiger charge is 2.07. The molecule has 5 nitrogen and oxygen atoms in total. The third-order valence-electron chi connectivity index (χ3n) is 2.50. The van der Waals surface area contributed by atoms with Gasteiger partial charge in [-0.3, -0.25) is 4.79 Å².